The number of anilines is 1. The number of aliphatic imine (C=N–C) groups is 1. The largest absolute Gasteiger partial charge is 0.353 e. The smallest absolute Gasteiger partial charge is 0.159 e. The van der Waals surface area contributed by atoms with Crippen LogP contribution in [-0.2, 0) is 0 Å². The highest BCUT2D eigenvalue weighted by atomic mass is 79.9. The summed E-state index contributed by atoms with van der Waals surface area (Å²) < 4.78 is 1.07. The number of aromatic nitrogens is 1. The zero-order valence-corrected chi connectivity index (χ0v) is 14.2. The first-order chi connectivity index (χ1) is 9.63. The van der Waals surface area contributed by atoms with Crippen LogP contribution in [0.15, 0.2) is 21.7 Å². The van der Waals surface area contributed by atoms with Crippen molar-refractivity contribution in [1.29, 1.82) is 0 Å². The van der Waals surface area contributed by atoms with Crippen molar-refractivity contribution in [3.63, 3.8) is 0 Å². The van der Waals surface area contributed by atoms with Crippen molar-refractivity contribution in [2.75, 3.05) is 37.6 Å². The van der Waals surface area contributed by atoms with Crippen LogP contribution in [0, 0.1) is 6.92 Å². The third-order valence-corrected chi connectivity index (χ3v) is 5.68. The molecular formula is C14H19BrN4S. The Morgan fingerprint density at radius 3 is 2.55 bits per heavy atom. The topological polar surface area (TPSA) is 31.7 Å². The van der Waals surface area contributed by atoms with Crippen LogP contribution >= 0.6 is 27.7 Å². The molecule has 6 heteroatoms. The number of amidine groups is 1. The maximum atomic E-state index is 4.63. The van der Waals surface area contributed by atoms with Crippen LogP contribution in [-0.4, -0.2) is 53.0 Å². The van der Waals surface area contributed by atoms with Gasteiger partial charge in [0, 0.05) is 42.1 Å². The molecule has 0 amide bonds. The standard InChI is InChI=1S/C14H19BrN4S/c1-10-7-13(16-9-12(10)15)18-3-5-19(6-4-18)14-17-8-11(2)20-14/h7,9,11H,3-6,8H2,1-2H3. The first kappa shape index (κ1) is 14.2. The minimum absolute atomic E-state index is 0.638. The minimum Gasteiger partial charge on any atom is -0.353 e. The molecule has 1 atom stereocenters. The molecule has 1 aromatic heterocycles. The van der Waals surface area contributed by atoms with E-state index >= 15 is 0 Å². The van der Waals surface area contributed by atoms with E-state index in [0.29, 0.717) is 5.25 Å². The van der Waals surface area contributed by atoms with Gasteiger partial charge in [0.2, 0.25) is 0 Å². The first-order valence-electron chi connectivity index (χ1n) is 6.96. The Hall–Kier alpha value is -0.750. The second-order valence-electron chi connectivity index (χ2n) is 5.32. The SMILES string of the molecule is Cc1cc(N2CCN(C3=NCC(C)S3)CC2)ncc1Br. The molecule has 2 aliphatic heterocycles. The van der Waals surface area contributed by atoms with Crippen molar-refractivity contribution in [1.82, 2.24) is 9.88 Å². The fourth-order valence-corrected chi connectivity index (χ4v) is 3.67. The van der Waals surface area contributed by atoms with Crippen LogP contribution < -0.4 is 4.90 Å². The van der Waals surface area contributed by atoms with Gasteiger partial charge < -0.3 is 9.80 Å². The Bertz CT molecular complexity index is 526. The van der Waals surface area contributed by atoms with Gasteiger partial charge in [-0.15, -0.1) is 0 Å². The predicted octanol–water partition coefficient (Wildman–Crippen LogP) is 2.77. The predicted molar refractivity (Wildman–Crippen MR) is 89.8 cm³/mol. The number of aryl methyl sites for hydroxylation is 1. The van der Waals surface area contributed by atoms with E-state index in [-0.39, 0.29) is 0 Å². The second-order valence-corrected chi connectivity index (χ2v) is 7.58. The molecule has 2 aliphatic rings. The Balaban J connectivity index is 1.62. The maximum absolute atomic E-state index is 4.63. The minimum atomic E-state index is 0.638. The average molecular weight is 355 g/mol. The number of halogens is 1. The van der Waals surface area contributed by atoms with E-state index in [0.717, 1.165) is 43.0 Å². The number of rotatable bonds is 1. The molecule has 3 heterocycles. The monoisotopic (exact) mass is 354 g/mol. The lowest BCUT2D eigenvalue weighted by atomic mass is 10.2. The molecule has 0 N–H and O–H groups in total. The second kappa shape index (κ2) is 5.93. The zero-order chi connectivity index (χ0) is 14.1. The summed E-state index contributed by atoms with van der Waals surface area (Å²) in [5.74, 6) is 1.08. The van der Waals surface area contributed by atoms with Gasteiger partial charge in [-0.3, -0.25) is 4.99 Å². The lowest BCUT2D eigenvalue weighted by Crippen LogP contribution is -2.48. The van der Waals surface area contributed by atoms with Crippen molar-refractivity contribution in [3.8, 4) is 0 Å². The van der Waals surface area contributed by atoms with E-state index in [4.69, 9.17) is 0 Å². The van der Waals surface area contributed by atoms with E-state index < -0.39 is 0 Å². The quantitative estimate of drug-likeness (QED) is 0.775. The molecular weight excluding hydrogens is 336 g/mol. The Labute approximate surface area is 132 Å². The number of pyridine rings is 1. The van der Waals surface area contributed by atoms with E-state index in [1.54, 1.807) is 0 Å². The van der Waals surface area contributed by atoms with Gasteiger partial charge in [0.15, 0.2) is 5.17 Å². The van der Waals surface area contributed by atoms with Gasteiger partial charge in [-0.05, 0) is 34.5 Å². The van der Waals surface area contributed by atoms with Gasteiger partial charge in [-0.1, -0.05) is 18.7 Å². The summed E-state index contributed by atoms with van der Waals surface area (Å²) in [5, 5.41) is 1.87. The molecule has 0 saturated carbocycles. The van der Waals surface area contributed by atoms with E-state index in [1.807, 2.05) is 18.0 Å². The molecule has 0 radical (unpaired) electrons. The van der Waals surface area contributed by atoms with Gasteiger partial charge in [0.1, 0.15) is 5.82 Å². The molecule has 1 aromatic rings. The summed E-state index contributed by atoms with van der Waals surface area (Å²) in [6.07, 6.45) is 1.90. The Morgan fingerprint density at radius 2 is 1.95 bits per heavy atom. The van der Waals surface area contributed by atoms with Crippen molar-refractivity contribution in [2.45, 2.75) is 19.1 Å². The first-order valence-corrected chi connectivity index (χ1v) is 8.64. The fourth-order valence-electron chi connectivity index (χ4n) is 2.46. The molecule has 108 valence electrons. The Morgan fingerprint density at radius 1 is 1.25 bits per heavy atom. The Kier molecular flexibility index (Phi) is 4.21. The summed E-state index contributed by atoms with van der Waals surface area (Å²) in [7, 11) is 0. The van der Waals surface area contributed by atoms with Crippen molar-refractivity contribution < 1.29 is 0 Å². The van der Waals surface area contributed by atoms with Crippen LogP contribution in [0.2, 0.25) is 0 Å². The van der Waals surface area contributed by atoms with Gasteiger partial charge in [-0.25, -0.2) is 4.98 Å². The third kappa shape index (κ3) is 2.96. The summed E-state index contributed by atoms with van der Waals surface area (Å²) in [6.45, 7) is 9.42. The highest BCUT2D eigenvalue weighted by Gasteiger charge is 2.25. The maximum Gasteiger partial charge on any atom is 0.159 e. The van der Waals surface area contributed by atoms with Crippen LogP contribution in [0.1, 0.15) is 12.5 Å². The number of nitrogens with zero attached hydrogens (tertiary/aromatic N) is 4. The van der Waals surface area contributed by atoms with Crippen LogP contribution in [0.5, 0.6) is 0 Å². The van der Waals surface area contributed by atoms with Gasteiger partial charge >= 0.3 is 0 Å². The van der Waals surface area contributed by atoms with Crippen molar-refractivity contribution in [2.24, 2.45) is 4.99 Å². The van der Waals surface area contributed by atoms with Crippen molar-refractivity contribution >= 4 is 38.7 Å². The molecule has 1 saturated heterocycles. The van der Waals surface area contributed by atoms with Gasteiger partial charge in [0.05, 0.1) is 6.54 Å². The van der Waals surface area contributed by atoms with Crippen LogP contribution in [0.4, 0.5) is 5.82 Å². The lowest BCUT2D eigenvalue weighted by molar-refractivity contribution is 0.391. The molecule has 20 heavy (non-hydrogen) atoms. The molecule has 4 nitrogen and oxygen atoms in total. The number of hydrogen-bond acceptors (Lipinski definition) is 5. The molecule has 0 aromatic carbocycles. The molecule has 0 spiro atoms. The number of thioether (sulfide) groups is 1. The van der Waals surface area contributed by atoms with Crippen LogP contribution in [0.25, 0.3) is 0 Å². The zero-order valence-electron chi connectivity index (χ0n) is 11.8. The lowest BCUT2D eigenvalue weighted by Gasteiger charge is -2.36. The summed E-state index contributed by atoms with van der Waals surface area (Å²) in [4.78, 5) is 13.9. The normalized spacial score (nSPS) is 23.1. The molecule has 3 rings (SSSR count). The van der Waals surface area contributed by atoms with E-state index in [1.165, 1.54) is 10.7 Å². The summed E-state index contributed by atoms with van der Waals surface area (Å²) >= 11 is 5.41. The summed E-state index contributed by atoms with van der Waals surface area (Å²) in [6, 6.07) is 2.16. The van der Waals surface area contributed by atoms with Crippen molar-refractivity contribution in [3.05, 3.63) is 22.3 Å². The molecule has 1 fully saturated rings. The number of piperazine rings is 1. The van der Waals surface area contributed by atoms with E-state index in [9.17, 15) is 0 Å². The third-order valence-electron chi connectivity index (χ3n) is 3.70. The van der Waals surface area contributed by atoms with Crippen LogP contribution in [0.3, 0.4) is 0 Å². The highest BCUT2D eigenvalue weighted by molar-refractivity contribution is 9.10. The summed E-state index contributed by atoms with van der Waals surface area (Å²) in [5.41, 5.74) is 1.24. The van der Waals surface area contributed by atoms with Gasteiger partial charge in [0.25, 0.3) is 0 Å². The number of hydrogen-bond donors (Lipinski definition) is 0. The molecule has 0 bridgehead atoms. The highest BCUT2D eigenvalue weighted by Crippen LogP contribution is 2.25. The van der Waals surface area contributed by atoms with E-state index in [2.05, 4.69) is 55.6 Å². The average Bonchev–Trinajstić information content (AvgIpc) is 2.89. The molecule has 0 aliphatic carbocycles. The van der Waals surface area contributed by atoms with Gasteiger partial charge in [-0.2, -0.15) is 0 Å². The molecule has 1 unspecified atom stereocenters. The fraction of sp³-hybridized carbons (Fsp3) is 0.571.